The number of nitrogens with two attached hydrogens (primary N) is 1. The summed E-state index contributed by atoms with van der Waals surface area (Å²) in [4.78, 5) is 10.2. The molecule has 0 radical (unpaired) electrons. The molecule has 0 aliphatic rings. The predicted octanol–water partition coefficient (Wildman–Crippen LogP) is 1.18. The van der Waals surface area contributed by atoms with Gasteiger partial charge in [-0.15, -0.1) is 0 Å². The summed E-state index contributed by atoms with van der Waals surface area (Å²) in [5.41, 5.74) is 6.11. The molecule has 0 heterocycles. The Labute approximate surface area is 80.1 Å². The lowest BCUT2D eigenvalue weighted by Gasteiger charge is -2.07. The number of benzene rings is 1. The predicted molar refractivity (Wildman–Crippen MR) is 48.7 cm³/mol. The van der Waals surface area contributed by atoms with Crippen LogP contribution < -0.4 is 10.5 Å². The number of carbonyl (C=O) groups is 1. The van der Waals surface area contributed by atoms with Crippen LogP contribution in [0.4, 0.5) is 10.1 Å². The van der Waals surface area contributed by atoms with Gasteiger partial charge in [-0.05, 0) is 18.6 Å². The molecule has 1 aromatic carbocycles. The summed E-state index contributed by atoms with van der Waals surface area (Å²) < 4.78 is 17.8. The first-order valence-electron chi connectivity index (χ1n) is 3.91. The van der Waals surface area contributed by atoms with Crippen molar-refractivity contribution in [2.75, 3.05) is 12.3 Å². The van der Waals surface area contributed by atoms with E-state index in [0.29, 0.717) is 5.56 Å². The van der Waals surface area contributed by atoms with E-state index in [1.165, 1.54) is 6.07 Å². The molecule has 14 heavy (non-hydrogen) atoms. The molecule has 1 aromatic rings. The zero-order valence-corrected chi connectivity index (χ0v) is 7.58. The van der Waals surface area contributed by atoms with Gasteiger partial charge in [0, 0.05) is 6.07 Å². The highest BCUT2D eigenvalue weighted by atomic mass is 19.1. The molecule has 0 fully saturated rings. The molecule has 5 heteroatoms. The molecule has 0 spiro atoms. The number of carboxylic acids is 1. The first-order valence-corrected chi connectivity index (χ1v) is 3.91. The van der Waals surface area contributed by atoms with Crippen LogP contribution in [0, 0.1) is 12.7 Å². The molecule has 0 unspecified atom stereocenters. The van der Waals surface area contributed by atoms with Crippen molar-refractivity contribution in [3.8, 4) is 5.75 Å². The summed E-state index contributed by atoms with van der Waals surface area (Å²) in [5, 5.41) is 8.33. The van der Waals surface area contributed by atoms with Crippen molar-refractivity contribution in [1.82, 2.24) is 0 Å². The number of halogens is 1. The first-order chi connectivity index (χ1) is 6.50. The summed E-state index contributed by atoms with van der Waals surface area (Å²) in [7, 11) is 0. The summed E-state index contributed by atoms with van der Waals surface area (Å²) in [6.45, 7) is 1.03. The van der Waals surface area contributed by atoms with Gasteiger partial charge in [0.25, 0.3) is 0 Å². The van der Waals surface area contributed by atoms with E-state index in [0.717, 1.165) is 6.07 Å². The van der Waals surface area contributed by atoms with Crippen LogP contribution in [0.1, 0.15) is 5.56 Å². The van der Waals surface area contributed by atoms with Crippen LogP contribution >= 0.6 is 0 Å². The van der Waals surface area contributed by atoms with Crippen molar-refractivity contribution >= 4 is 11.7 Å². The Hall–Kier alpha value is -1.78. The van der Waals surface area contributed by atoms with E-state index in [1.54, 1.807) is 6.92 Å². The molecule has 0 aromatic heterocycles. The third-order valence-corrected chi connectivity index (χ3v) is 1.64. The molecule has 0 saturated carbocycles. The average molecular weight is 199 g/mol. The molecule has 76 valence electrons. The Bertz CT molecular complexity index is 365. The number of aryl methyl sites for hydroxylation is 1. The highest BCUT2D eigenvalue weighted by Crippen LogP contribution is 2.24. The molecular formula is C9H10FNO3. The lowest BCUT2D eigenvalue weighted by molar-refractivity contribution is -0.139. The number of hydrogen-bond acceptors (Lipinski definition) is 3. The summed E-state index contributed by atoms with van der Waals surface area (Å²) in [6, 6.07) is 2.47. The van der Waals surface area contributed by atoms with Crippen LogP contribution in [0.5, 0.6) is 5.75 Å². The number of anilines is 1. The standard InChI is InChI=1S/C9H10FNO3/c1-5-2-7(11)8(3-6(5)10)14-4-9(12)13/h2-3H,4,11H2,1H3,(H,12,13). The van der Waals surface area contributed by atoms with Crippen LogP contribution in [-0.2, 0) is 4.79 Å². The van der Waals surface area contributed by atoms with Crippen molar-refractivity contribution < 1.29 is 19.0 Å². The van der Waals surface area contributed by atoms with Crippen LogP contribution in [-0.4, -0.2) is 17.7 Å². The number of ether oxygens (including phenoxy) is 1. The summed E-state index contributed by atoms with van der Waals surface area (Å²) >= 11 is 0. The van der Waals surface area contributed by atoms with Crippen molar-refractivity contribution in [3.63, 3.8) is 0 Å². The van der Waals surface area contributed by atoms with Gasteiger partial charge in [0.2, 0.25) is 0 Å². The van der Waals surface area contributed by atoms with Gasteiger partial charge in [0.15, 0.2) is 6.61 Å². The molecule has 4 nitrogen and oxygen atoms in total. The van der Waals surface area contributed by atoms with Gasteiger partial charge < -0.3 is 15.6 Å². The van der Waals surface area contributed by atoms with E-state index in [1.807, 2.05) is 0 Å². The number of rotatable bonds is 3. The van der Waals surface area contributed by atoms with E-state index < -0.39 is 18.4 Å². The second kappa shape index (κ2) is 3.95. The van der Waals surface area contributed by atoms with Crippen LogP contribution in [0.3, 0.4) is 0 Å². The number of nitrogen functional groups attached to an aromatic ring is 1. The van der Waals surface area contributed by atoms with Gasteiger partial charge in [-0.2, -0.15) is 0 Å². The minimum Gasteiger partial charge on any atom is -0.480 e. The van der Waals surface area contributed by atoms with E-state index in [2.05, 4.69) is 0 Å². The van der Waals surface area contributed by atoms with E-state index in [4.69, 9.17) is 15.6 Å². The fourth-order valence-electron chi connectivity index (χ4n) is 0.950. The molecular weight excluding hydrogens is 189 g/mol. The fourth-order valence-corrected chi connectivity index (χ4v) is 0.950. The quantitative estimate of drug-likeness (QED) is 0.717. The smallest absolute Gasteiger partial charge is 0.341 e. The normalized spacial score (nSPS) is 9.86. The fraction of sp³-hybridized carbons (Fsp3) is 0.222. The maximum Gasteiger partial charge on any atom is 0.341 e. The third kappa shape index (κ3) is 2.35. The number of hydrogen-bond donors (Lipinski definition) is 2. The van der Waals surface area contributed by atoms with E-state index in [9.17, 15) is 9.18 Å². The van der Waals surface area contributed by atoms with E-state index >= 15 is 0 Å². The van der Waals surface area contributed by atoms with Crippen molar-refractivity contribution in [2.45, 2.75) is 6.92 Å². The highest BCUT2D eigenvalue weighted by molar-refractivity contribution is 5.69. The van der Waals surface area contributed by atoms with Crippen molar-refractivity contribution in [3.05, 3.63) is 23.5 Å². The Morgan fingerprint density at radius 3 is 2.86 bits per heavy atom. The maximum atomic E-state index is 13.0. The SMILES string of the molecule is Cc1cc(N)c(OCC(=O)O)cc1F. The molecule has 1 rings (SSSR count). The Balaban J connectivity index is 2.87. The maximum absolute atomic E-state index is 13.0. The Kier molecular flexibility index (Phi) is 2.91. The van der Waals surface area contributed by atoms with Crippen LogP contribution in [0.25, 0.3) is 0 Å². The monoisotopic (exact) mass is 199 g/mol. The number of aliphatic carboxylic acids is 1. The van der Waals surface area contributed by atoms with Gasteiger partial charge in [-0.1, -0.05) is 0 Å². The lowest BCUT2D eigenvalue weighted by Crippen LogP contribution is -2.10. The van der Waals surface area contributed by atoms with Gasteiger partial charge in [-0.25, -0.2) is 9.18 Å². The third-order valence-electron chi connectivity index (χ3n) is 1.64. The first kappa shape index (κ1) is 10.3. The molecule has 3 N–H and O–H groups in total. The van der Waals surface area contributed by atoms with Crippen LogP contribution in [0.2, 0.25) is 0 Å². The molecule has 0 amide bonds. The van der Waals surface area contributed by atoms with Gasteiger partial charge in [0.1, 0.15) is 11.6 Å². The van der Waals surface area contributed by atoms with Crippen molar-refractivity contribution in [1.29, 1.82) is 0 Å². The molecule has 0 aliphatic carbocycles. The van der Waals surface area contributed by atoms with Gasteiger partial charge >= 0.3 is 5.97 Å². The zero-order valence-electron chi connectivity index (χ0n) is 7.58. The molecule has 0 bridgehead atoms. The minimum atomic E-state index is -1.13. The second-order valence-corrected chi connectivity index (χ2v) is 2.82. The van der Waals surface area contributed by atoms with Gasteiger partial charge in [0.05, 0.1) is 5.69 Å². The Morgan fingerprint density at radius 1 is 1.64 bits per heavy atom. The van der Waals surface area contributed by atoms with Crippen LogP contribution in [0.15, 0.2) is 12.1 Å². The number of carboxylic acid groups (broad SMARTS) is 1. The lowest BCUT2D eigenvalue weighted by atomic mass is 10.2. The Morgan fingerprint density at radius 2 is 2.29 bits per heavy atom. The van der Waals surface area contributed by atoms with Crippen molar-refractivity contribution in [2.24, 2.45) is 0 Å². The van der Waals surface area contributed by atoms with E-state index in [-0.39, 0.29) is 11.4 Å². The summed E-state index contributed by atoms with van der Waals surface area (Å²) in [5.74, 6) is -1.56. The molecule has 0 saturated heterocycles. The zero-order chi connectivity index (χ0) is 10.7. The topological polar surface area (TPSA) is 72.5 Å². The summed E-state index contributed by atoms with van der Waals surface area (Å²) in [6.07, 6.45) is 0. The highest BCUT2D eigenvalue weighted by Gasteiger charge is 2.07. The second-order valence-electron chi connectivity index (χ2n) is 2.82. The average Bonchev–Trinajstić information content (AvgIpc) is 2.09. The molecule has 0 atom stereocenters. The largest absolute Gasteiger partial charge is 0.480 e. The minimum absolute atomic E-state index is 0.0514. The van der Waals surface area contributed by atoms with Gasteiger partial charge in [-0.3, -0.25) is 0 Å². The molecule has 0 aliphatic heterocycles.